The summed E-state index contributed by atoms with van der Waals surface area (Å²) in [4.78, 5) is 18.3. The van der Waals surface area contributed by atoms with Gasteiger partial charge in [0.1, 0.15) is 4.90 Å². The molecule has 8 heteroatoms. The molecule has 0 aromatic carbocycles. The van der Waals surface area contributed by atoms with E-state index in [4.69, 9.17) is 0 Å². The maximum Gasteiger partial charge on any atom is 0.244 e. The Bertz CT molecular complexity index is 666. The fourth-order valence-corrected chi connectivity index (χ4v) is 4.89. The number of rotatable bonds is 5. The van der Waals surface area contributed by atoms with Crippen molar-refractivity contribution in [3.63, 3.8) is 0 Å². The topological polar surface area (TPSA) is 82.6 Å². The van der Waals surface area contributed by atoms with Crippen LogP contribution in [0.1, 0.15) is 32.1 Å². The van der Waals surface area contributed by atoms with E-state index >= 15 is 0 Å². The van der Waals surface area contributed by atoms with Crippen LogP contribution in [0.2, 0.25) is 0 Å². The molecule has 0 radical (unpaired) electrons. The third-order valence-corrected chi connectivity index (χ3v) is 6.82. The zero-order chi connectivity index (χ0) is 17.7. The van der Waals surface area contributed by atoms with Gasteiger partial charge in [-0.15, -0.1) is 0 Å². The highest BCUT2D eigenvalue weighted by Gasteiger charge is 2.29. The number of carbonyl (C=O) groups excluding carboxylic acids is 1. The van der Waals surface area contributed by atoms with Crippen LogP contribution in [-0.4, -0.2) is 67.3 Å². The number of hydrogen-bond acceptors (Lipinski definition) is 5. The van der Waals surface area contributed by atoms with Crippen LogP contribution < -0.4 is 5.32 Å². The van der Waals surface area contributed by atoms with Crippen molar-refractivity contribution in [1.82, 2.24) is 19.5 Å². The van der Waals surface area contributed by atoms with Crippen LogP contribution in [0.25, 0.3) is 0 Å². The molecule has 1 aromatic heterocycles. The first kappa shape index (κ1) is 18.3. The van der Waals surface area contributed by atoms with E-state index in [0.29, 0.717) is 38.8 Å². The number of nitrogens with zero attached hydrogens (tertiary/aromatic N) is 3. The minimum Gasteiger partial charge on any atom is -0.352 e. The quantitative estimate of drug-likeness (QED) is 0.835. The molecule has 0 bridgehead atoms. The molecule has 2 aliphatic rings. The van der Waals surface area contributed by atoms with Crippen molar-refractivity contribution in [2.24, 2.45) is 0 Å². The molecule has 0 spiro atoms. The van der Waals surface area contributed by atoms with Gasteiger partial charge in [-0.05, 0) is 25.0 Å². The second-order valence-corrected chi connectivity index (χ2v) is 8.71. The molecular formula is C17H26N4O3S. The maximum absolute atomic E-state index is 12.6. The molecular weight excluding hydrogens is 340 g/mol. The summed E-state index contributed by atoms with van der Waals surface area (Å²) in [5.74, 6) is 0.0514. The SMILES string of the molecule is O=C(CN1CCN(S(=O)(=O)c2cccnc2)CC1)NC1CCCCC1. The second kappa shape index (κ2) is 8.25. The summed E-state index contributed by atoms with van der Waals surface area (Å²) in [6.45, 7) is 2.27. The van der Waals surface area contributed by atoms with Gasteiger partial charge in [0.15, 0.2) is 0 Å². The van der Waals surface area contributed by atoms with E-state index in [0.717, 1.165) is 12.8 Å². The lowest BCUT2D eigenvalue weighted by Gasteiger charge is -2.34. The molecule has 1 aliphatic carbocycles. The van der Waals surface area contributed by atoms with Gasteiger partial charge >= 0.3 is 0 Å². The van der Waals surface area contributed by atoms with Crippen molar-refractivity contribution in [1.29, 1.82) is 0 Å². The van der Waals surface area contributed by atoms with E-state index < -0.39 is 10.0 Å². The number of carbonyl (C=O) groups is 1. The highest BCUT2D eigenvalue weighted by molar-refractivity contribution is 7.89. The first-order valence-corrected chi connectivity index (χ1v) is 10.4. The number of pyridine rings is 1. The molecule has 0 atom stereocenters. The van der Waals surface area contributed by atoms with Crippen LogP contribution in [0, 0.1) is 0 Å². The Morgan fingerprint density at radius 1 is 1.16 bits per heavy atom. The molecule has 1 amide bonds. The Balaban J connectivity index is 1.47. The average Bonchev–Trinajstić information content (AvgIpc) is 2.63. The van der Waals surface area contributed by atoms with Crippen LogP contribution in [0.15, 0.2) is 29.4 Å². The molecule has 1 N–H and O–H groups in total. The summed E-state index contributed by atoms with van der Waals surface area (Å²) < 4.78 is 26.6. The monoisotopic (exact) mass is 366 g/mol. The fraction of sp³-hybridized carbons (Fsp3) is 0.647. The molecule has 1 aromatic rings. The van der Waals surface area contributed by atoms with Crippen LogP contribution in [0.4, 0.5) is 0 Å². The van der Waals surface area contributed by atoms with Crippen molar-refractivity contribution in [2.45, 2.75) is 43.0 Å². The van der Waals surface area contributed by atoms with Crippen LogP contribution in [0.3, 0.4) is 0 Å². The van der Waals surface area contributed by atoms with E-state index in [1.54, 1.807) is 18.3 Å². The van der Waals surface area contributed by atoms with Gasteiger partial charge in [-0.1, -0.05) is 19.3 Å². The molecule has 0 unspecified atom stereocenters. The van der Waals surface area contributed by atoms with E-state index in [9.17, 15) is 13.2 Å². The predicted molar refractivity (Wildman–Crippen MR) is 94.5 cm³/mol. The molecule has 25 heavy (non-hydrogen) atoms. The number of amides is 1. The Hall–Kier alpha value is -1.51. The zero-order valence-electron chi connectivity index (χ0n) is 14.4. The Morgan fingerprint density at radius 2 is 1.88 bits per heavy atom. The minimum absolute atomic E-state index is 0.0514. The molecule has 1 saturated carbocycles. The summed E-state index contributed by atoms with van der Waals surface area (Å²) in [6.07, 6.45) is 8.72. The highest BCUT2D eigenvalue weighted by atomic mass is 32.2. The van der Waals surface area contributed by atoms with Crippen molar-refractivity contribution >= 4 is 15.9 Å². The van der Waals surface area contributed by atoms with Gasteiger partial charge in [-0.3, -0.25) is 14.7 Å². The lowest BCUT2D eigenvalue weighted by molar-refractivity contribution is -0.123. The average molecular weight is 366 g/mol. The molecule has 7 nitrogen and oxygen atoms in total. The normalized spacial score (nSPS) is 21.1. The van der Waals surface area contributed by atoms with E-state index in [2.05, 4.69) is 10.3 Å². The fourth-order valence-electron chi connectivity index (χ4n) is 3.50. The first-order valence-electron chi connectivity index (χ1n) is 8.97. The van der Waals surface area contributed by atoms with Gasteiger partial charge < -0.3 is 5.32 Å². The van der Waals surface area contributed by atoms with Crippen LogP contribution >= 0.6 is 0 Å². The third-order valence-electron chi connectivity index (χ3n) is 4.94. The lowest BCUT2D eigenvalue weighted by Crippen LogP contribution is -2.51. The van der Waals surface area contributed by atoms with Crippen LogP contribution in [-0.2, 0) is 14.8 Å². The smallest absolute Gasteiger partial charge is 0.244 e. The minimum atomic E-state index is -3.49. The zero-order valence-corrected chi connectivity index (χ0v) is 15.2. The first-order chi connectivity index (χ1) is 12.1. The van der Waals surface area contributed by atoms with E-state index in [1.165, 1.54) is 29.8 Å². The maximum atomic E-state index is 12.6. The summed E-state index contributed by atoms with van der Waals surface area (Å²) in [6, 6.07) is 3.50. The van der Waals surface area contributed by atoms with Gasteiger partial charge in [0.05, 0.1) is 6.54 Å². The van der Waals surface area contributed by atoms with Crippen molar-refractivity contribution in [3.05, 3.63) is 24.5 Å². The van der Waals surface area contributed by atoms with Crippen molar-refractivity contribution < 1.29 is 13.2 Å². The predicted octanol–water partition coefficient (Wildman–Crippen LogP) is 0.837. The third kappa shape index (κ3) is 4.77. The summed E-state index contributed by atoms with van der Waals surface area (Å²) in [5.41, 5.74) is 0. The molecule has 2 fully saturated rings. The van der Waals surface area contributed by atoms with Gasteiger partial charge in [-0.2, -0.15) is 4.31 Å². The Morgan fingerprint density at radius 3 is 2.52 bits per heavy atom. The summed E-state index contributed by atoms with van der Waals surface area (Å²) in [5, 5.41) is 3.11. The number of piperazine rings is 1. The largest absolute Gasteiger partial charge is 0.352 e. The molecule has 2 heterocycles. The number of aromatic nitrogens is 1. The molecule has 1 aliphatic heterocycles. The van der Waals surface area contributed by atoms with Crippen molar-refractivity contribution in [2.75, 3.05) is 32.7 Å². The van der Waals surface area contributed by atoms with Crippen LogP contribution in [0.5, 0.6) is 0 Å². The van der Waals surface area contributed by atoms with E-state index in [-0.39, 0.29) is 10.8 Å². The Labute approximate surface area is 149 Å². The Kier molecular flexibility index (Phi) is 6.03. The summed E-state index contributed by atoms with van der Waals surface area (Å²) in [7, 11) is -3.49. The molecule has 138 valence electrons. The summed E-state index contributed by atoms with van der Waals surface area (Å²) >= 11 is 0. The number of sulfonamides is 1. The highest BCUT2D eigenvalue weighted by Crippen LogP contribution is 2.18. The van der Waals surface area contributed by atoms with Gasteiger partial charge in [-0.25, -0.2) is 8.42 Å². The van der Waals surface area contributed by atoms with Gasteiger partial charge in [0.2, 0.25) is 15.9 Å². The molecule has 1 saturated heterocycles. The number of nitrogens with one attached hydrogen (secondary N) is 1. The standard InChI is InChI=1S/C17H26N4O3S/c22-17(19-15-5-2-1-3-6-15)14-20-9-11-21(12-10-20)25(23,24)16-7-4-8-18-13-16/h4,7-8,13,15H,1-3,5-6,9-12,14H2,(H,19,22). The van der Waals surface area contributed by atoms with Gasteiger partial charge in [0, 0.05) is 44.6 Å². The second-order valence-electron chi connectivity index (χ2n) is 6.77. The number of hydrogen-bond donors (Lipinski definition) is 1. The lowest BCUT2D eigenvalue weighted by atomic mass is 9.95. The van der Waals surface area contributed by atoms with E-state index in [1.807, 2.05) is 4.90 Å². The van der Waals surface area contributed by atoms with Crippen molar-refractivity contribution in [3.8, 4) is 0 Å². The molecule has 3 rings (SSSR count). The van der Waals surface area contributed by atoms with Gasteiger partial charge in [0.25, 0.3) is 0 Å².